The van der Waals surface area contributed by atoms with Crippen molar-refractivity contribution in [2.75, 3.05) is 12.4 Å². The second kappa shape index (κ2) is 5.39. The Morgan fingerprint density at radius 2 is 2.20 bits per heavy atom. The quantitative estimate of drug-likeness (QED) is 0.609. The van der Waals surface area contributed by atoms with Gasteiger partial charge in [0.25, 0.3) is 0 Å². The van der Waals surface area contributed by atoms with Crippen molar-refractivity contribution in [2.45, 2.75) is 26.7 Å². The number of rotatable bonds is 4. The van der Waals surface area contributed by atoms with E-state index in [0.717, 1.165) is 17.7 Å². The normalized spacial score (nSPS) is 9.80. The van der Waals surface area contributed by atoms with Gasteiger partial charge in [-0.25, -0.2) is 0 Å². The Morgan fingerprint density at radius 3 is 2.80 bits per heavy atom. The number of nitrogens with one attached hydrogen (secondary N) is 1. The molecule has 0 spiro atoms. The molecule has 1 rings (SSSR count). The van der Waals surface area contributed by atoms with Gasteiger partial charge in [-0.1, -0.05) is 13.0 Å². The molecule has 0 aromatic heterocycles. The van der Waals surface area contributed by atoms with Crippen LogP contribution in [0.2, 0.25) is 0 Å². The zero-order valence-electron chi connectivity index (χ0n) is 9.46. The molecule has 0 fully saturated rings. The SMILES string of the molecule is CCCC(=O)Oc1ccc(C)cc1NC. The summed E-state index contributed by atoms with van der Waals surface area (Å²) < 4.78 is 5.23. The molecule has 0 aliphatic rings. The van der Waals surface area contributed by atoms with Gasteiger partial charge in [0.05, 0.1) is 5.69 Å². The second-order valence-electron chi connectivity index (χ2n) is 3.47. The minimum absolute atomic E-state index is 0.183. The summed E-state index contributed by atoms with van der Waals surface area (Å²) in [4.78, 5) is 11.3. The second-order valence-corrected chi connectivity index (χ2v) is 3.47. The standard InChI is InChI=1S/C12H17NO2/c1-4-5-12(14)15-11-7-6-9(2)8-10(11)13-3/h6-8,13H,4-5H2,1-3H3. The maximum absolute atomic E-state index is 11.3. The van der Waals surface area contributed by atoms with Gasteiger partial charge in [0.15, 0.2) is 5.75 Å². The number of esters is 1. The third-order valence-corrected chi connectivity index (χ3v) is 2.08. The fraction of sp³-hybridized carbons (Fsp3) is 0.417. The Balaban J connectivity index is 2.80. The molecule has 0 saturated heterocycles. The van der Waals surface area contributed by atoms with Crippen molar-refractivity contribution < 1.29 is 9.53 Å². The summed E-state index contributed by atoms with van der Waals surface area (Å²) in [5.74, 6) is 0.416. The first kappa shape index (κ1) is 11.6. The molecule has 3 nitrogen and oxygen atoms in total. The lowest BCUT2D eigenvalue weighted by Gasteiger charge is -2.09. The molecule has 15 heavy (non-hydrogen) atoms. The molecular formula is C12H17NO2. The smallest absolute Gasteiger partial charge is 0.311 e. The molecule has 0 saturated carbocycles. The summed E-state index contributed by atoms with van der Waals surface area (Å²) >= 11 is 0. The first-order valence-electron chi connectivity index (χ1n) is 5.16. The van der Waals surface area contributed by atoms with Gasteiger partial charge < -0.3 is 10.1 Å². The van der Waals surface area contributed by atoms with Crippen molar-refractivity contribution in [1.29, 1.82) is 0 Å². The summed E-state index contributed by atoms with van der Waals surface area (Å²) in [6.07, 6.45) is 1.26. The topological polar surface area (TPSA) is 38.3 Å². The van der Waals surface area contributed by atoms with Gasteiger partial charge in [-0.2, -0.15) is 0 Å². The van der Waals surface area contributed by atoms with Crippen molar-refractivity contribution in [1.82, 2.24) is 0 Å². The van der Waals surface area contributed by atoms with E-state index in [4.69, 9.17) is 4.74 Å². The highest BCUT2D eigenvalue weighted by atomic mass is 16.5. The largest absolute Gasteiger partial charge is 0.424 e. The number of benzene rings is 1. The van der Waals surface area contributed by atoms with Gasteiger partial charge in [0, 0.05) is 13.5 Å². The van der Waals surface area contributed by atoms with Crippen LogP contribution in [0.25, 0.3) is 0 Å². The monoisotopic (exact) mass is 207 g/mol. The summed E-state index contributed by atoms with van der Waals surface area (Å²) in [7, 11) is 1.81. The van der Waals surface area contributed by atoms with Crippen LogP contribution in [-0.4, -0.2) is 13.0 Å². The van der Waals surface area contributed by atoms with E-state index in [1.165, 1.54) is 0 Å². The summed E-state index contributed by atoms with van der Waals surface area (Å²) in [6, 6.07) is 5.69. The molecule has 0 heterocycles. The predicted octanol–water partition coefficient (Wildman–Crippen LogP) is 2.74. The molecule has 1 aromatic carbocycles. The van der Waals surface area contributed by atoms with Gasteiger partial charge in [0.2, 0.25) is 0 Å². The number of aryl methyl sites for hydroxylation is 1. The van der Waals surface area contributed by atoms with Gasteiger partial charge >= 0.3 is 5.97 Å². The average Bonchev–Trinajstić information content (AvgIpc) is 2.21. The molecule has 82 valence electrons. The van der Waals surface area contributed by atoms with Gasteiger partial charge in [-0.15, -0.1) is 0 Å². The van der Waals surface area contributed by atoms with Crippen LogP contribution in [0.3, 0.4) is 0 Å². The van der Waals surface area contributed by atoms with Crippen LogP contribution in [0.5, 0.6) is 5.75 Å². The molecule has 1 N–H and O–H groups in total. The maximum atomic E-state index is 11.3. The predicted molar refractivity (Wildman–Crippen MR) is 61.3 cm³/mol. The number of hydrogen-bond donors (Lipinski definition) is 1. The number of carbonyl (C=O) groups excluding carboxylic acids is 1. The van der Waals surface area contributed by atoms with Crippen LogP contribution in [0.15, 0.2) is 18.2 Å². The first-order chi connectivity index (χ1) is 7.17. The van der Waals surface area contributed by atoms with Crippen molar-refractivity contribution in [3.05, 3.63) is 23.8 Å². The van der Waals surface area contributed by atoms with Gasteiger partial charge in [-0.05, 0) is 31.0 Å². The third-order valence-electron chi connectivity index (χ3n) is 2.08. The molecule has 1 aromatic rings. The van der Waals surface area contributed by atoms with E-state index in [-0.39, 0.29) is 5.97 Å². The van der Waals surface area contributed by atoms with E-state index in [2.05, 4.69) is 5.32 Å². The Bertz CT molecular complexity index is 347. The summed E-state index contributed by atoms with van der Waals surface area (Å²) in [5, 5.41) is 3.01. The van der Waals surface area contributed by atoms with Crippen LogP contribution >= 0.6 is 0 Å². The number of anilines is 1. The van der Waals surface area contributed by atoms with Gasteiger partial charge in [-0.3, -0.25) is 4.79 Å². The number of carbonyl (C=O) groups is 1. The van der Waals surface area contributed by atoms with Crippen molar-refractivity contribution >= 4 is 11.7 Å². The minimum atomic E-state index is -0.183. The van der Waals surface area contributed by atoms with Crippen LogP contribution in [0, 0.1) is 6.92 Å². The Kier molecular flexibility index (Phi) is 4.16. The molecule has 0 radical (unpaired) electrons. The fourth-order valence-corrected chi connectivity index (χ4v) is 1.31. The minimum Gasteiger partial charge on any atom is -0.424 e. The highest BCUT2D eigenvalue weighted by Crippen LogP contribution is 2.25. The lowest BCUT2D eigenvalue weighted by Crippen LogP contribution is -2.08. The maximum Gasteiger partial charge on any atom is 0.311 e. The summed E-state index contributed by atoms with van der Waals surface area (Å²) in [6.45, 7) is 3.95. The van der Waals surface area contributed by atoms with Crippen LogP contribution in [0.1, 0.15) is 25.3 Å². The van der Waals surface area contributed by atoms with Crippen molar-refractivity contribution in [2.24, 2.45) is 0 Å². The molecule has 0 aliphatic carbocycles. The fourth-order valence-electron chi connectivity index (χ4n) is 1.31. The molecule has 0 aliphatic heterocycles. The number of ether oxygens (including phenoxy) is 1. The zero-order valence-corrected chi connectivity index (χ0v) is 9.46. The highest BCUT2D eigenvalue weighted by Gasteiger charge is 2.07. The Hall–Kier alpha value is -1.51. The van der Waals surface area contributed by atoms with E-state index in [9.17, 15) is 4.79 Å². The van der Waals surface area contributed by atoms with Gasteiger partial charge in [0.1, 0.15) is 0 Å². The Labute approximate surface area is 90.4 Å². The molecule has 0 unspecified atom stereocenters. The lowest BCUT2D eigenvalue weighted by atomic mass is 10.2. The molecule has 0 amide bonds. The average molecular weight is 207 g/mol. The van der Waals surface area contributed by atoms with E-state index >= 15 is 0 Å². The summed E-state index contributed by atoms with van der Waals surface area (Å²) in [5.41, 5.74) is 1.98. The van der Waals surface area contributed by atoms with Crippen LogP contribution in [0.4, 0.5) is 5.69 Å². The van der Waals surface area contributed by atoms with Crippen LogP contribution < -0.4 is 10.1 Å². The molecule has 3 heteroatoms. The Morgan fingerprint density at radius 1 is 1.47 bits per heavy atom. The molecular weight excluding hydrogens is 190 g/mol. The van der Waals surface area contributed by atoms with E-state index in [1.54, 1.807) is 0 Å². The highest BCUT2D eigenvalue weighted by molar-refractivity contribution is 5.75. The van der Waals surface area contributed by atoms with Crippen molar-refractivity contribution in [3.8, 4) is 5.75 Å². The molecule has 0 atom stereocenters. The van der Waals surface area contributed by atoms with Crippen molar-refractivity contribution in [3.63, 3.8) is 0 Å². The van der Waals surface area contributed by atoms with E-state index in [1.807, 2.05) is 39.1 Å². The van der Waals surface area contributed by atoms with E-state index in [0.29, 0.717) is 12.2 Å². The van der Waals surface area contributed by atoms with Crippen LogP contribution in [-0.2, 0) is 4.79 Å². The lowest BCUT2D eigenvalue weighted by molar-refractivity contribution is -0.134. The molecule has 0 bridgehead atoms. The number of hydrogen-bond acceptors (Lipinski definition) is 3. The van der Waals surface area contributed by atoms with E-state index < -0.39 is 0 Å². The zero-order chi connectivity index (χ0) is 11.3. The first-order valence-corrected chi connectivity index (χ1v) is 5.16. The third kappa shape index (κ3) is 3.27.